The lowest BCUT2D eigenvalue weighted by Gasteiger charge is -2.09. The molecular formula is C10H14N2O3. The minimum Gasteiger partial charge on any atom is -0.465 e. The second-order valence-corrected chi connectivity index (χ2v) is 2.88. The second kappa shape index (κ2) is 5.21. The van der Waals surface area contributed by atoms with Gasteiger partial charge in [-0.05, 0) is 18.2 Å². The number of amides is 1. The third kappa shape index (κ3) is 2.85. The van der Waals surface area contributed by atoms with Gasteiger partial charge in [0.05, 0.1) is 5.69 Å². The zero-order valence-corrected chi connectivity index (χ0v) is 8.74. The minimum absolute atomic E-state index is 0.0986. The van der Waals surface area contributed by atoms with Crippen molar-refractivity contribution in [2.45, 2.75) is 0 Å². The number of hydrogen-bond donors (Lipinski definition) is 2. The van der Waals surface area contributed by atoms with Crippen molar-refractivity contribution in [1.82, 2.24) is 5.32 Å². The fraction of sp³-hybridized carbons (Fsp3) is 0.300. The predicted molar refractivity (Wildman–Crippen MR) is 56.7 cm³/mol. The molecular weight excluding hydrogens is 196 g/mol. The number of methoxy groups -OCH3 is 1. The average Bonchev–Trinajstić information content (AvgIpc) is 2.27. The topological polar surface area (TPSA) is 73.6 Å². The number of benzene rings is 1. The first-order chi connectivity index (χ1) is 7.19. The molecule has 0 aliphatic carbocycles. The molecule has 0 aliphatic heterocycles. The van der Waals surface area contributed by atoms with Crippen molar-refractivity contribution in [2.24, 2.45) is 0 Å². The first kappa shape index (κ1) is 11.3. The highest BCUT2D eigenvalue weighted by Gasteiger charge is 2.07. The van der Waals surface area contributed by atoms with Crippen LogP contribution in [0.5, 0.6) is 5.75 Å². The smallest absolute Gasteiger partial charge is 0.251 e. The van der Waals surface area contributed by atoms with Crippen LogP contribution >= 0.6 is 0 Å². The summed E-state index contributed by atoms with van der Waals surface area (Å²) in [6.45, 7) is 0.0986. The second-order valence-electron chi connectivity index (χ2n) is 2.88. The van der Waals surface area contributed by atoms with Crippen LogP contribution in [0.3, 0.4) is 0 Å². The molecule has 0 fully saturated rings. The first-order valence-corrected chi connectivity index (χ1v) is 4.42. The fourth-order valence-electron chi connectivity index (χ4n) is 1.07. The van der Waals surface area contributed by atoms with Crippen molar-refractivity contribution in [3.63, 3.8) is 0 Å². The van der Waals surface area contributed by atoms with Gasteiger partial charge in [-0.25, -0.2) is 0 Å². The van der Waals surface area contributed by atoms with E-state index in [-0.39, 0.29) is 12.7 Å². The summed E-state index contributed by atoms with van der Waals surface area (Å²) in [6, 6.07) is 4.83. The molecule has 0 aliphatic rings. The molecule has 15 heavy (non-hydrogen) atoms. The molecule has 0 radical (unpaired) electrons. The maximum absolute atomic E-state index is 11.3. The third-order valence-electron chi connectivity index (χ3n) is 1.84. The van der Waals surface area contributed by atoms with Gasteiger partial charge in [0.25, 0.3) is 5.91 Å². The van der Waals surface area contributed by atoms with Crippen molar-refractivity contribution in [2.75, 3.05) is 26.7 Å². The predicted octanol–water partition coefficient (Wildman–Crippen LogP) is 0.611. The lowest BCUT2D eigenvalue weighted by atomic mass is 10.2. The number of nitrogen functional groups attached to an aromatic ring is 1. The number of anilines is 1. The van der Waals surface area contributed by atoms with Gasteiger partial charge in [-0.3, -0.25) is 4.79 Å². The lowest BCUT2D eigenvalue weighted by Crippen LogP contribution is -2.18. The summed E-state index contributed by atoms with van der Waals surface area (Å²) < 4.78 is 9.94. The molecule has 5 heteroatoms. The molecule has 1 rings (SSSR count). The van der Waals surface area contributed by atoms with Crippen LogP contribution in [0.1, 0.15) is 10.4 Å². The maximum atomic E-state index is 11.3. The molecule has 0 saturated carbocycles. The van der Waals surface area contributed by atoms with Crippen LogP contribution in [-0.2, 0) is 4.74 Å². The fourth-order valence-corrected chi connectivity index (χ4v) is 1.07. The summed E-state index contributed by atoms with van der Waals surface area (Å²) in [5.74, 6) is 0.259. The Bertz CT molecular complexity index is 353. The molecule has 82 valence electrons. The Balaban J connectivity index is 2.89. The monoisotopic (exact) mass is 210 g/mol. The van der Waals surface area contributed by atoms with Crippen LogP contribution in [0.4, 0.5) is 5.69 Å². The van der Waals surface area contributed by atoms with E-state index in [1.54, 1.807) is 25.2 Å². The van der Waals surface area contributed by atoms with Gasteiger partial charge in [-0.15, -0.1) is 0 Å². The van der Waals surface area contributed by atoms with Crippen LogP contribution in [0.15, 0.2) is 18.2 Å². The van der Waals surface area contributed by atoms with E-state index in [1.165, 1.54) is 7.11 Å². The molecule has 5 nitrogen and oxygen atoms in total. The first-order valence-electron chi connectivity index (χ1n) is 4.42. The van der Waals surface area contributed by atoms with Crippen molar-refractivity contribution in [3.8, 4) is 5.75 Å². The Labute approximate surface area is 88.2 Å². The van der Waals surface area contributed by atoms with E-state index in [0.717, 1.165) is 0 Å². The van der Waals surface area contributed by atoms with Crippen LogP contribution < -0.4 is 15.8 Å². The number of hydrogen-bond acceptors (Lipinski definition) is 4. The van der Waals surface area contributed by atoms with Crippen molar-refractivity contribution < 1.29 is 14.3 Å². The SMILES string of the molecule is CNC(=O)c1ccc(N)c(OCOC)c1. The highest BCUT2D eigenvalue weighted by Crippen LogP contribution is 2.22. The standard InChI is InChI=1S/C10H14N2O3/c1-12-10(13)7-3-4-8(11)9(5-7)15-6-14-2/h3-5H,6,11H2,1-2H3,(H,12,13). The van der Waals surface area contributed by atoms with E-state index < -0.39 is 0 Å². The quantitative estimate of drug-likeness (QED) is 0.564. The summed E-state index contributed by atoms with van der Waals surface area (Å²) in [7, 11) is 3.08. The van der Waals surface area contributed by atoms with Crippen molar-refractivity contribution >= 4 is 11.6 Å². The van der Waals surface area contributed by atoms with Gasteiger partial charge in [0.2, 0.25) is 0 Å². The van der Waals surface area contributed by atoms with Gasteiger partial charge in [-0.1, -0.05) is 0 Å². The Morgan fingerprint density at radius 2 is 2.27 bits per heavy atom. The van der Waals surface area contributed by atoms with E-state index in [1.807, 2.05) is 0 Å². The molecule has 1 aromatic carbocycles. The van der Waals surface area contributed by atoms with E-state index in [9.17, 15) is 4.79 Å². The van der Waals surface area contributed by atoms with Crippen molar-refractivity contribution in [1.29, 1.82) is 0 Å². The Morgan fingerprint density at radius 1 is 1.53 bits per heavy atom. The van der Waals surface area contributed by atoms with E-state index in [2.05, 4.69) is 5.32 Å². The zero-order chi connectivity index (χ0) is 11.3. The van der Waals surface area contributed by atoms with Gasteiger partial charge in [0.15, 0.2) is 6.79 Å². The number of ether oxygens (including phenoxy) is 2. The Morgan fingerprint density at radius 3 is 2.87 bits per heavy atom. The Kier molecular flexibility index (Phi) is 3.93. The summed E-state index contributed by atoms with van der Waals surface area (Å²) in [6.07, 6.45) is 0. The van der Waals surface area contributed by atoms with Gasteiger partial charge < -0.3 is 20.5 Å². The number of nitrogens with two attached hydrogens (primary N) is 1. The Hall–Kier alpha value is -1.75. The molecule has 1 aromatic rings. The van der Waals surface area contributed by atoms with Gasteiger partial charge in [0.1, 0.15) is 5.75 Å². The highest BCUT2D eigenvalue weighted by atomic mass is 16.7. The summed E-state index contributed by atoms with van der Waals surface area (Å²) in [4.78, 5) is 11.3. The van der Waals surface area contributed by atoms with Crippen LogP contribution in [-0.4, -0.2) is 26.9 Å². The molecule has 0 bridgehead atoms. The summed E-state index contributed by atoms with van der Waals surface area (Å²) >= 11 is 0. The zero-order valence-electron chi connectivity index (χ0n) is 8.74. The van der Waals surface area contributed by atoms with Gasteiger partial charge in [-0.2, -0.15) is 0 Å². The van der Waals surface area contributed by atoms with Gasteiger partial charge in [0, 0.05) is 19.7 Å². The lowest BCUT2D eigenvalue weighted by molar-refractivity contribution is 0.0515. The van der Waals surface area contributed by atoms with E-state index in [4.69, 9.17) is 15.2 Å². The maximum Gasteiger partial charge on any atom is 0.251 e. The highest BCUT2D eigenvalue weighted by molar-refractivity contribution is 5.95. The summed E-state index contributed by atoms with van der Waals surface area (Å²) in [5, 5.41) is 2.52. The molecule has 0 saturated heterocycles. The van der Waals surface area contributed by atoms with Crippen LogP contribution in [0.2, 0.25) is 0 Å². The molecule has 3 N–H and O–H groups in total. The minimum atomic E-state index is -0.183. The van der Waals surface area contributed by atoms with Crippen LogP contribution in [0.25, 0.3) is 0 Å². The molecule has 0 atom stereocenters. The van der Waals surface area contributed by atoms with Crippen LogP contribution in [0, 0.1) is 0 Å². The molecule has 1 amide bonds. The largest absolute Gasteiger partial charge is 0.465 e. The number of nitrogens with one attached hydrogen (secondary N) is 1. The average molecular weight is 210 g/mol. The molecule has 0 heterocycles. The number of carbonyl (C=O) groups is 1. The van der Waals surface area contributed by atoms with Gasteiger partial charge >= 0.3 is 0 Å². The number of rotatable bonds is 4. The molecule has 0 unspecified atom stereocenters. The summed E-state index contributed by atoms with van der Waals surface area (Å²) in [5.41, 5.74) is 6.63. The molecule has 0 spiro atoms. The van der Waals surface area contributed by atoms with E-state index in [0.29, 0.717) is 17.0 Å². The molecule has 0 aromatic heterocycles. The normalized spacial score (nSPS) is 9.73. The van der Waals surface area contributed by atoms with Crippen molar-refractivity contribution in [3.05, 3.63) is 23.8 Å². The number of carbonyl (C=O) groups excluding carboxylic acids is 1. The van der Waals surface area contributed by atoms with E-state index >= 15 is 0 Å². The third-order valence-corrected chi connectivity index (χ3v) is 1.84.